The molecule has 1 fully saturated rings. The molecule has 1 heterocycles. The topological polar surface area (TPSA) is 38.8 Å². The summed E-state index contributed by atoms with van der Waals surface area (Å²) in [4.78, 5) is 11.8. The number of rotatable bonds is 3. The zero-order chi connectivity index (χ0) is 15.0. The van der Waals surface area contributed by atoms with Crippen LogP contribution in [0, 0.1) is 11.6 Å². The van der Waals surface area contributed by atoms with Gasteiger partial charge in [0.25, 0.3) is 0 Å². The second kappa shape index (κ2) is 4.93. The lowest BCUT2D eigenvalue weighted by atomic mass is 9.87. The molecule has 0 aliphatic carbocycles. The summed E-state index contributed by atoms with van der Waals surface area (Å²) >= 11 is 0. The monoisotopic (exact) mass is 290 g/mol. The number of carbonyl (C=O) groups excluding carboxylic acids is 1. The van der Waals surface area contributed by atoms with Gasteiger partial charge in [-0.05, 0) is 12.1 Å². The van der Waals surface area contributed by atoms with Crippen molar-refractivity contribution in [3.8, 4) is 0 Å². The highest BCUT2D eigenvalue weighted by atomic mass is 19.1. The molecule has 0 spiro atoms. The van der Waals surface area contributed by atoms with Crippen LogP contribution in [0.5, 0.6) is 0 Å². The van der Waals surface area contributed by atoms with Gasteiger partial charge >= 0.3 is 5.97 Å². The SMILES string of the molecule is COC(=O)C1OC1(c1ccccc1F)c1ccccc1F. The van der Waals surface area contributed by atoms with E-state index in [9.17, 15) is 13.6 Å². The number of benzene rings is 2. The van der Waals surface area contributed by atoms with Gasteiger partial charge in [-0.25, -0.2) is 13.6 Å². The number of esters is 1. The first-order valence-corrected chi connectivity index (χ1v) is 6.37. The largest absolute Gasteiger partial charge is 0.467 e. The molecule has 0 saturated carbocycles. The molecule has 0 bridgehead atoms. The fourth-order valence-corrected chi connectivity index (χ4v) is 2.55. The minimum absolute atomic E-state index is 0.116. The summed E-state index contributed by atoms with van der Waals surface area (Å²) in [5.74, 6) is -1.79. The van der Waals surface area contributed by atoms with Gasteiger partial charge in [0.1, 0.15) is 11.6 Å². The van der Waals surface area contributed by atoms with E-state index in [4.69, 9.17) is 4.74 Å². The van der Waals surface area contributed by atoms with Crippen molar-refractivity contribution in [3.63, 3.8) is 0 Å². The first-order chi connectivity index (χ1) is 10.1. The summed E-state index contributed by atoms with van der Waals surface area (Å²) in [5, 5.41) is 0. The van der Waals surface area contributed by atoms with Crippen LogP contribution >= 0.6 is 0 Å². The third-order valence-corrected chi connectivity index (χ3v) is 3.58. The maximum atomic E-state index is 14.1. The molecule has 3 rings (SSSR count). The van der Waals surface area contributed by atoms with Gasteiger partial charge in [0.2, 0.25) is 0 Å². The molecule has 1 unspecified atom stereocenters. The second-order valence-corrected chi connectivity index (χ2v) is 4.72. The molecule has 1 aliphatic heterocycles. The van der Waals surface area contributed by atoms with E-state index in [1.54, 1.807) is 12.1 Å². The number of hydrogen-bond donors (Lipinski definition) is 0. The normalized spacial score (nSPS) is 19.1. The van der Waals surface area contributed by atoms with Gasteiger partial charge in [-0.2, -0.15) is 0 Å². The van der Waals surface area contributed by atoms with E-state index in [-0.39, 0.29) is 11.1 Å². The highest BCUT2D eigenvalue weighted by Gasteiger charge is 2.65. The molecule has 2 aromatic rings. The zero-order valence-electron chi connectivity index (χ0n) is 11.2. The first-order valence-electron chi connectivity index (χ1n) is 6.37. The Kier molecular flexibility index (Phi) is 3.22. The lowest BCUT2D eigenvalue weighted by molar-refractivity contribution is -0.142. The van der Waals surface area contributed by atoms with Crippen LogP contribution in [-0.4, -0.2) is 19.2 Å². The van der Waals surface area contributed by atoms with E-state index in [1.807, 2.05) is 0 Å². The van der Waals surface area contributed by atoms with Crippen LogP contribution in [0.3, 0.4) is 0 Å². The highest BCUT2D eigenvalue weighted by molar-refractivity contribution is 5.81. The van der Waals surface area contributed by atoms with Crippen molar-refractivity contribution in [1.82, 2.24) is 0 Å². The summed E-state index contributed by atoms with van der Waals surface area (Å²) in [5.41, 5.74) is -1.24. The van der Waals surface area contributed by atoms with Gasteiger partial charge in [0.05, 0.1) is 7.11 Å². The number of hydrogen-bond acceptors (Lipinski definition) is 3. The minimum atomic E-state index is -1.47. The lowest BCUT2D eigenvalue weighted by Gasteiger charge is -2.15. The van der Waals surface area contributed by atoms with Gasteiger partial charge in [0, 0.05) is 11.1 Å². The Labute approximate surface area is 120 Å². The van der Waals surface area contributed by atoms with E-state index in [2.05, 4.69) is 4.74 Å². The highest BCUT2D eigenvalue weighted by Crippen LogP contribution is 2.53. The molecule has 2 aromatic carbocycles. The molecule has 0 radical (unpaired) electrons. The van der Waals surface area contributed by atoms with E-state index in [0.717, 1.165) is 0 Å². The third kappa shape index (κ3) is 2.01. The zero-order valence-corrected chi connectivity index (χ0v) is 11.2. The van der Waals surface area contributed by atoms with Crippen molar-refractivity contribution in [1.29, 1.82) is 0 Å². The van der Waals surface area contributed by atoms with Gasteiger partial charge < -0.3 is 9.47 Å². The molecule has 0 amide bonds. The molecule has 0 N–H and O–H groups in total. The Morgan fingerprint density at radius 2 is 1.52 bits per heavy atom. The molecule has 0 aromatic heterocycles. The van der Waals surface area contributed by atoms with E-state index in [1.165, 1.54) is 43.5 Å². The Morgan fingerprint density at radius 1 is 1.05 bits per heavy atom. The molecule has 1 atom stereocenters. The maximum Gasteiger partial charge on any atom is 0.338 e. The number of epoxide rings is 1. The summed E-state index contributed by atoms with van der Waals surface area (Å²) in [6, 6.07) is 11.7. The van der Waals surface area contributed by atoms with Crippen LogP contribution in [0.15, 0.2) is 48.5 Å². The molecule has 21 heavy (non-hydrogen) atoms. The molecule has 5 heteroatoms. The van der Waals surface area contributed by atoms with Gasteiger partial charge in [0.15, 0.2) is 11.7 Å². The number of methoxy groups -OCH3 is 1. The van der Waals surface area contributed by atoms with Crippen LogP contribution in [-0.2, 0) is 19.9 Å². The number of halogens is 2. The fraction of sp³-hybridized carbons (Fsp3) is 0.188. The van der Waals surface area contributed by atoms with Crippen LogP contribution < -0.4 is 0 Å². The third-order valence-electron chi connectivity index (χ3n) is 3.58. The molecular weight excluding hydrogens is 278 g/mol. The van der Waals surface area contributed by atoms with Crippen molar-refractivity contribution < 1.29 is 23.0 Å². The Balaban J connectivity index is 2.18. The van der Waals surface area contributed by atoms with Gasteiger partial charge in [-0.15, -0.1) is 0 Å². The second-order valence-electron chi connectivity index (χ2n) is 4.72. The predicted octanol–water partition coefficient (Wildman–Crippen LogP) is 2.78. The fourth-order valence-electron chi connectivity index (χ4n) is 2.55. The van der Waals surface area contributed by atoms with Crippen LogP contribution in [0.4, 0.5) is 8.78 Å². The van der Waals surface area contributed by atoms with Crippen LogP contribution in [0.2, 0.25) is 0 Å². The van der Waals surface area contributed by atoms with Crippen molar-refractivity contribution in [2.45, 2.75) is 11.7 Å². The standard InChI is InChI=1S/C16H12F2O3/c1-20-15(19)14-16(21-14,10-6-2-4-8-12(10)17)11-7-3-5-9-13(11)18/h2-9,14H,1H3. The smallest absolute Gasteiger partial charge is 0.338 e. The van der Waals surface area contributed by atoms with E-state index in [0.29, 0.717) is 0 Å². The summed E-state index contributed by atoms with van der Waals surface area (Å²) in [6.45, 7) is 0. The van der Waals surface area contributed by atoms with Crippen LogP contribution in [0.25, 0.3) is 0 Å². The van der Waals surface area contributed by atoms with Crippen molar-refractivity contribution >= 4 is 5.97 Å². The van der Waals surface area contributed by atoms with E-state index >= 15 is 0 Å². The van der Waals surface area contributed by atoms with Crippen molar-refractivity contribution in [2.24, 2.45) is 0 Å². The Hall–Kier alpha value is -2.27. The Bertz CT molecular complexity index is 654. The van der Waals surface area contributed by atoms with Crippen molar-refractivity contribution in [2.75, 3.05) is 7.11 Å². The summed E-state index contributed by atoms with van der Waals surface area (Å²) in [7, 11) is 1.21. The van der Waals surface area contributed by atoms with E-state index < -0.39 is 29.3 Å². The van der Waals surface area contributed by atoms with Crippen molar-refractivity contribution in [3.05, 3.63) is 71.3 Å². The molecule has 3 nitrogen and oxygen atoms in total. The number of carbonyl (C=O) groups is 1. The number of ether oxygens (including phenoxy) is 2. The lowest BCUT2D eigenvalue weighted by Crippen LogP contribution is -2.23. The molecular formula is C16H12F2O3. The first kappa shape index (κ1) is 13.7. The quantitative estimate of drug-likeness (QED) is 0.644. The van der Waals surface area contributed by atoms with Gasteiger partial charge in [-0.1, -0.05) is 36.4 Å². The maximum absolute atomic E-state index is 14.1. The molecule has 1 saturated heterocycles. The average Bonchev–Trinajstić information content (AvgIpc) is 3.24. The minimum Gasteiger partial charge on any atom is -0.467 e. The predicted molar refractivity (Wildman–Crippen MR) is 70.5 cm³/mol. The van der Waals surface area contributed by atoms with Gasteiger partial charge in [-0.3, -0.25) is 0 Å². The Morgan fingerprint density at radius 3 is 1.95 bits per heavy atom. The average molecular weight is 290 g/mol. The summed E-state index contributed by atoms with van der Waals surface area (Å²) < 4.78 is 38.3. The molecule has 1 aliphatic rings. The molecule has 108 valence electrons. The van der Waals surface area contributed by atoms with Crippen LogP contribution in [0.1, 0.15) is 11.1 Å². The summed E-state index contributed by atoms with van der Waals surface area (Å²) in [6.07, 6.45) is -1.06.